The van der Waals surface area contributed by atoms with Gasteiger partial charge in [-0.15, -0.1) is 0 Å². The van der Waals surface area contributed by atoms with Gasteiger partial charge in [-0.05, 0) is 0 Å². The Balaban J connectivity index is 1.98. The molecule has 0 aliphatic rings. The number of hydrogen-bond acceptors (Lipinski definition) is 4. The van der Waals surface area contributed by atoms with Crippen molar-refractivity contribution in [2.45, 2.75) is 6.18 Å². The molecule has 2 aromatic heterocycles. The molecule has 0 spiro atoms. The molecule has 0 amide bonds. The molecule has 5 nitrogen and oxygen atoms in total. The average molecular weight is 294 g/mol. The van der Waals surface area contributed by atoms with E-state index >= 15 is 0 Å². The molecule has 2 heterocycles. The Hall–Kier alpha value is -2.64. The molecule has 21 heavy (non-hydrogen) atoms. The molecule has 8 heteroatoms. The number of hydrogen-bond donors (Lipinski definition) is 0. The van der Waals surface area contributed by atoms with Crippen molar-refractivity contribution in [3.05, 3.63) is 42.1 Å². The lowest BCUT2D eigenvalue weighted by Gasteiger charge is -2.04. The zero-order valence-corrected chi connectivity index (χ0v) is 10.8. The Morgan fingerprint density at radius 3 is 2.48 bits per heavy atom. The van der Waals surface area contributed by atoms with Crippen molar-refractivity contribution in [1.82, 2.24) is 19.9 Å². The van der Waals surface area contributed by atoms with Crippen LogP contribution in [0.1, 0.15) is 5.69 Å². The first kappa shape index (κ1) is 13.3. The fourth-order valence-electron chi connectivity index (χ4n) is 1.87. The molecule has 0 fully saturated rings. The maximum absolute atomic E-state index is 12.7. The van der Waals surface area contributed by atoms with Crippen LogP contribution in [0.3, 0.4) is 0 Å². The molecule has 0 aliphatic heterocycles. The van der Waals surface area contributed by atoms with E-state index in [0.29, 0.717) is 11.4 Å². The minimum Gasteiger partial charge on any atom is -0.332 e. The summed E-state index contributed by atoms with van der Waals surface area (Å²) in [5.41, 5.74) is -0.184. The lowest BCUT2D eigenvalue weighted by Crippen LogP contribution is -2.11. The van der Waals surface area contributed by atoms with E-state index in [-0.39, 0.29) is 11.6 Å². The molecule has 3 aromatic rings. The third kappa shape index (κ3) is 2.51. The third-order valence-corrected chi connectivity index (χ3v) is 2.85. The van der Waals surface area contributed by atoms with Crippen molar-refractivity contribution < 1.29 is 17.7 Å². The van der Waals surface area contributed by atoms with Crippen LogP contribution < -0.4 is 0 Å². The smallest absolute Gasteiger partial charge is 0.332 e. The van der Waals surface area contributed by atoms with Crippen molar-refractivity contribution >= 4 is 0 Å². The molecule has 0 atom stereocenters. The molecular formula is C13H9F3N4O. The number of aryl methyl sites for hydroxylation is 1. The van der Waals surface area contributed by atoms with Gasteiger partial charge in [-0.3, -0.25) is 4.68 Å². The minimum atomic E-state index is -4.48. The molecule has 0 unspecified atom stereocenters. The summed E-state index contributed by atoms with van der Waals surface area (Å²) in [4.78, 5) is 4.07. The summed E-state index contributed by atoms with van der Waals surface area (Å²) in [6.07, 6.45) is -4.48. The second-order valence-electron chi connectivity index (χ2n) is 4.33. The molecule has 3 rings (SSSR count). The third-order valence-electron chi connectivity index (χ3n) is 2.85. The van der Waals surface area contributed by atoms with E-state index in [1.807, 2.05) is 6.07 Å². The zero-order valence-electron chi connectivity index (χ0n) is 10.8. The highest BCUT2D eigenvalue weighted by molar-refractivity contribution is 5.57. The number of alkyl halides is 3. The van der Waals surface area contributed by atoms with Crippen molar-refractivity contribution in [1.29, 1.82) is 0 Å². The topological polar surface area (TPSA) is 56.7 Å². The predicted molar refractivity (Wildman–Crippen MR) is 66.9 cm³/mol. The molecule has 0 bridgehead atoms. The summed E-state index contributed by atoms with van der Waals surface area (Å²) in [6, 6.07) is 9.85. The van der Waals surface area contributed by atoms with Crippen LogP contribution in [0.2, 0.25) is 0 Å². The molecule has 0 N–H and O–H groups in total. The van der Waals surface area contributed by atoms with Crippen LogP contribution in [-0.4, -0.2) is 19.9 Å². The highest BCUT2D eigenvalue weighted by Crippen LogP contribution is 2.31. The van der Waals surface area contributed by atoms with E-state index in [4.69, 9.17) is 4.52 Å². The van der Waals surface area contributed by atoms with E-state index in [9.17, 15) is 13.2 Å². The Labute approximate surface area is 117 Å². The first-order valence-electron chi connectivity index (χ1n) is 5.96. The maximum atomic E-state index is 12.7. The van der Waals surface area contributed by atoms with E-state index in [1.54, 1.807) is 24.3 Å². The summed E-state index contributed by atoms with van der Waals surface area (Å²) in [6.45, 7) is 0. The molecule has 0 saturated carbocycles. The van der Waals surface area contributed by atoms with Crippen LogP contribution in [0.4, 0.5) is 13.2 Å². The van der Waals surface area contributed by atoms with Crippen molar-refractivity contribution in [3.63, 3.8) is 0 Å². The Kier molecular flexibility index (Phi) is 3.00. The van der Waals surface area contributed by atoms with Crippen LogP contribution in [0.25, 0.3) is 23.0 Å². The van der Waals surface area contributed by atoms with Gasteiger partial charge in [0.05, 0.1) is 0 Å². The van der Waals surface area contributed by atoms with Gasteiger partial charge in [0.2, 0.25) is 5.82 Å². The number of nitrogens with zero attached hydrogens (tertiary/aromatic N) is 4. The molecule has 0 radical (unpaired) electrons. The van der Waals surface area contributed by atoms with Gasteiger partial charge in [-0.1, -0.05) is 35.5 Å². The van der Waals surface area contributed by atoms with Crippen LogP contribution in [0.5, 0.6) is 0 Å². The molecule has 0 saturated heterocycles. The Bertz CT molecular complexity index is 761. The monoisotopic (exact) mass is 294 g/mol. The van der Waals surface area contributed by atoms with E-state index < -0.39 is 11.9 Å². The van der Waals surface area contributed by atoms with Gasteiger partial charge in [-0.25, -0.2) is 0 Å². The lowest BCUT2D eigenvalue weighted by atomic mass is 10.2. The predicted octanol–water partition coefficient (Wildman–Crippen LogP) is 3.16. The van der Waals surface area contributed by atoms with E-state index in [1.165, 1.54) is 7.05 Å². The standard InChI is InChI=1S/C13H9F3N4O/c1-20-10(13(14,15)16)7-9(18-20)12-17-11(19-21-12)8-5-3-2-4-6-8/h2-7H,1H3. The highest BCUT2D eigenvalue weighted by atomic mass is 19.4. The van der Waals surface area contributed by atoms with Gasteiger partial charge >= 0.3 is 6.18 Å². The van der Waals surface area contributed by atoms with Crippen molar-refractivity contribution in [3.8, 4) is 23.0 Å². The highest BCUT2D eigenvalue weighted by Gasteiger charge is 2.35. The summed E-state index contributed by atoms with van der Waals surface area (Å²) < 4.78 is 43.9. The minimum absolute atomic E-state index is 0.0143. The van der Waals surface area contributed by atoms with Gasteiger partial charge in [0.15, 0.2) is 5.69 Å². The first-order chi connectivity index (χ1) is 9.95. The maximum Gasteiger partial charge on any atom is 0.433 e. The number of aromatic nitrogens is 4. The second-order valence-corrected chi connectivity index (χ2v) is 4.33. The average Bonchev–Trinajstić information content (AvgIpc) is 3.05. The van der Waals surface area contributed by atoms with Crippen LogP contribution >= 0.6 is 0 Å². The number of rotatable bonds is 2. The molecular weight excluding hydrogens is 285 g/mol. The normalized spacial score (nSPS) is 11.8. The van der Waals surface area contributed by atoms with Gasteiger partial charge < -0.3 is 4.52 Å². The van der Waals surface area contributed by atoms with Crippen molar-refractivity contribution in [2.24, 2.45) is 7.05 Å². The largest absolute Gasteiger partial charge is 0.433 e. The van der Waals surface area contributed by atoms with Crippen molar-refractivity contribution in [2.75, 3.05) is 0 Å². The van der Waals surface area contributed by atoms with Crippen LogP contribution in [0, 0.1) is 0 Å². The van der Waals surface area contributed by atoms with E-state index in [2.05, 4.69) is 15.2 Å². The summed E-state index contributed by atoms with van der Waals surface area (Å²) in [5.74, 6) is 0.241. The Morgan fingerprint density at radius 2 is 1.86 bits per heavy atom. The van der Waals surface area contributed by atoms with Gasteiger partial charge in [0.1, 0.15) is 5.69 Å². The Morgan fingerprint density at radius 1 is 1.14 bits per heavy atom. The number of benzene rings is 1. The van der Waals surface area contributed by atoms with Gasteiger partial charge in [-0.2, -0.15) is 23.3 Å². The summed E-state index contributed by atoms with van der Waals surface area (Å²) >= 11 is 0. The van der Waals surface area contributed by atoms with Gasteiger partial charge in [0.25, 0.3) is 5.89 Å². The zero-order chi connectivity index (χ0) is 15.0. The summed E-state index contributed by atoms with van der Waals surface area (Å²) in [7, 11) is 1.21. The van der Waals surface area contributed by atoms with Crippen LogP contribution in [-0.2, 0) is 13.2 Å². The quantitative estimate of drug-likeness (QED) is 0.728. The van der Waals surface area contributed by atoms with Crippen LogP contribution in [0.15, 0.2) is 40.9 Å². The van der Waals surface area contributed by atoms with E-state index in [0.717, 1.165) is 10.7 Å². The fourth-order valence-corrected chi connectivity index (χ4v) is 1.87. The summed E-state index contributed by atoms with van der Waals surface area (Å²) in [5, 5.41) is 7.50. The molecule has 1 aromatic carbocycles. The second kappa shape index (κ2) is 4.72. The molecule has 0 aliphatic carbocycles. The lowest BCUT2D eigenvalue weighted by molar-refractivity contribution is -0.143. The SMILES string of the molecule is Cn1nc(-c2nc(-c3ccccc3)no2)cc1C(F)(F)F. The van der Waals surface area contributed by atoms with Gasteiger partial charge in [0, 0.05) is 18.7 Å². The molecule has 108 valence electrons. The fraction of sp³-hybridized carbons (Fsp3) is 0.154. The number of halogens is 3. The first-order valence-corrected chi connectivity index (χ1v) is 5.96.